The number of furan rings is 1. The standard InChI is InChI=1S/C32H25NO/c1-22-13-17-25(18-14-22)33(26-19-15-23(2)16-20-26)27-8-5-7-24(21-27)28-10-6-11-30-29-9-3-4-12-31(29)34-32(28)30/h3-21H,1-2H3. The van der Waals surface area contributed by atoms with Gasteiger partial charge >= 0.3 is 0 Å². The smallest absolute Gasteiger partial charge is 0.143 e. The summed E-state index contributed by atoms with van der Waals surface area (Å²) in [5.41, 5.74) is 9.95. The maximum Gasteiger partial charge on any atom is 0.143 e. The number of benzene rings is 5. The lowest BCUT2D eigenvalue weighted by molar-refractivity contribution is 0.670. The molecule has 0 bridgehead atoms. The minimum Gasteiger partial charge on any atom is -0.455 e. The molecular weight excluding hydrogens is 414 g/mol. The van der Waals surface area contributed by atoms with Crippen molar-refractivity contribution in [1.82, 2.24) is 0 Å². The highest BCUT2D eigenvalue weighted by molar-refractivity contribution is 6.09. The third-order valence-electron chi connectivity index (χ3n) is 6.40. The average molecular weight is 440 g/mol. The zero-order valence-electron chi connectivity index (χ0n) is 19.3. The lowest BCUT2D eigenvalue weighted by Gasteiger charge is -2.26. The fourth-order valence-electron chi connectivity index (χ4n) is 4.62. The predicted molar refractivity (Wildman–Crippen MR) is 143 cm³/mol. The molecule has 0 unspecified atom stereocenters. The number of nitrogens with zero attached hydrogens (tertiary/aromatic N) is 1. The molecule has 0 aliphatic rings. The maximum absolute atomic E-state index is 6.32. The Bertz CT molecular complexity index is 1560. The minimum atomic E-state index is 0.919. The first-order chi connectivity index (χ1) is 16.7. The number of aryl methyl sites for hydroxylation is 2. The molecule has 0 saturated heterocycles. The summed E-state index contributed by atoms with van der Waals surface area (Å²) in [6, 6.07) is 40.7. The van der Waals surface area contributed by atoms with E-state index in [0.717, 1.165) is 50.1 Å². The number of hydrogen-bond acceptors (Lipinski definition) is 2. The second kappa shape index (κ2) is 8.24. The molecule has 0 amide bonds. The van der Waals surface area contributed by atoms with Crippen LogP contribution in [0.4, 0.5) is 17.1 Å². The molecule has 6 rings (SSSR count). The molecule has 0 spiro atoms. The number of fused-ring (bicyclic) bond motifs is 3. The average Bonchev–Trinajstić information content (AvgIpc) is 3.26. The molecule has 2 nitrogen and oxygen atoms in total. The number of hydrogen-bond donors (Lipinski definition) is 0. The molecule has 34 heavy (non-hydrogen) atoms. The van der Waals surface area contributed by atoms with Gasteiger partial charge in [-0.2, -0.15) is 0 Å². The highest BCUT2D eigenvalue weighted by Crippen LogP contribution is 2.39. The zero-order valence-corrected chi connectivity index (χ0v) is 19.3. The third kappa shape index (κ3) is 3.54. The Balaban J connectivity index is 1.52. The first kappa shape index (κ1) is 20.3. The van der Waals surface area contributed by atoms with E-state index >= 15 is 0 Å². The molecule has 0 aliphatic carbocycles. The van der Waals surface area contributed by atoms with Crippen LogP contribution in [0.25, 0.3) is 33.1 Å². The molecule has 164 valence electrons. The summed E-state index contributed by atoms with van der Waals surface area (Å²) in [6.07, 6.45) is 0. The van der Waals surface area contributed by atoms with Crippen LogP contribution in [0.1, 0.15) is 11.1 Å². The lowest BCUT2D eigenvalue weighted by Crippen LogP contribution is -2.10. The van der Waals surface area contributed by atoms with Crippen LogP contribution in [0.5, 0.6) is 0 Å². The maximum atomic E-state index is 6.32. The van der Waals surface area contributed by atoms with E-state index in [1.165, 1.54) is 11.1 Å². The molecule has 0 fully saturated rings. The fraction of sp³-hybridized carbons (Fsp3) is 0.0625. The first-order valence-corrected chi connectivity index (χ1v) is 11.6. The summed E-state index contributed by atoms with van der Waals surface area (Å²) in [7, 11) is 0. The van der Waals surface area contributed by atoms with E-state index in [2.05, 4.69) is 122 Å². The van der Waals surface area contributed by atoms with Gasteiger partial charge in [-0.15, -0.1) is 0 Å². The summed E-state index contributed by atoms with van der Waals surface area (Å²) in [6.45, 7) is 4.24. The molecule has 6 aromatic rings. The highest BCUT2D eigenvalue weighted by Gasteiger charge is 2.16. The van der Waals surface area contributed by atoms with E-state index in [9.17, 15) is 0 Å². The van der Waals surface area contributed by atoms with Crippen molar-refractivity contribution in [3.63, 3.8) is 0 Å². The van der Waals surface area contributed by atoms with Gasteiger partial charge in [0.15, 0.2) is 0 Å². The van der Waals surface area contributed by atoms with Crippen LogP contribution in [-0.4, -0.2) is 0 Å². The van der Waals surface area contributed by atoms with Crippen LogP contribution in [-0.2, 0) is 0 Å². The second-order valence-electron chi connectivity index (χ2n) is 8.84. The summed E-state index contributed by atoms with van der Waals surface area (Å²) in [5.74, 6) is 0. The SMILES string of the molecule is Cc1ccc(N(c2ccc(C)cc2)c2cccc(-c3cccc4c3oc3ccccc34)c2)cc1. The Kier molecular flexibility index (Phi) is 4.92. The van der Waals surface area contributed by atoms with Crippen molar-refractivity contribution in [2.24, 2.45) is 0 Å². The van der Waals surface area contributed by atoms with E-state index in [0.29, 0.717) is 0 Å². The molecule has 0 aliphatic heterocycles. The predicted octanol–water partition coefficient (Wildman–Crippen LogP) is 9.34. The summed E-state index contributed by atoms with van der Waals surface area (Å²) < 4.78 is 6.32. The van der Waals surface area contributed by atoms with Crippen molar-refractivity contribution in [2.45, 2.75) is 13.8 Å². The van der Waals surface area contributed by atoms with Gasteiger partial charge in [0.2, 0.25) is 0 Å². The Hall–Kier alpha value is -4.30. The van der Waals surface area contributed by atoms with Gasteiger partial charge in [-0.1, -0.05) is 83.9 Å². The number of rotatable bonds is 4. The van der Waals surface area contributed by atoms with Crippen LogP contribution in [0.3, 0.4) is 0 Å². The van der Waals surface area contributed by atoms with Gasteiger partial charge in [-0.3, -0.25) is 0 Å². The molecule has 0 N–H and O–H groups in total. The van der Waals surface area contributed by atoms with E-state index in [1.54, 1.807) is 0 Å². The van der Waals surface area contributed by atoms with Gasteiger partial charge < -0.3 is 9.32 Å². The van der Waals surface area contributed by atoms with Gasteiger partial charge in [0.05, 0.1) is 0 Å². The van der Waals surface area contributed by atoms with Crippen molar-refractivity contribution >= 4 is 39.0 Å². The summed E-state index contributed by atoms with van der Waals surface area (Å²) >= 11 is 0. The topological polar surface area (TPSA) is 16.4 Å². The monoisotopic (exact) mass is 439 g/mol. The van der Waals surface area contributed by atoms with Gasteiger partial charge in [0, 0.05) is 33.4 Å². The molecule has 0 saturated carbocycles. The summed E-state index contributed by atoms with van der Waals surface area (Å²) in [4.78, 5) is 2.31. The highest BCUT2D eigenvalue weighted by atomic mass is 16.3. The van der Waals surface area contributed by atoms with Crippen molar-refractivity contribution in [3.8, 4) is 11.1 Å². The normalized spacial score (nSPS) is 11.2. The largest absolute Gasteiger partial charge is 0.455 e. The molecule has 1 heterocycles. The Morgan fingerprint density at radius 3 is 1.85 bits per heavy atom. The molecule has 1 aromatic heterocycles. The van der Waals surface area contributed by atoms with Crippen molar-refractivity contribution in [2.75, 3.05) is 4.90 Å². The van der Waals surface area contributed by atoms with Gasteiger partial charge in [0.25, 0.3) is 0 Å². The number of anilines is 3. The van der Waals surface area contributed by atoms with Gasteiger partial charge in [0.1, 0.15) is 11.2 Å². The van der Waals surface area contributed by atoms with Gasteiger partial charge in [-0.05, 0) is 61.9 Å². The minimum absolute atomic E-state index is 0.919. The molecule has 0 atom stereocenters. The van der Waals surface area contributed by atoms with E-state index in [-0.39, 0.29) is 0 Å². The van der Waals surface area contributed by atoms with E-state index in [1.807, 2.05) is 12.1 Å². The Morgan fingerprint density at radius 1 is 0.529 bits per heavy atom. The van der Waals surface area contributed by atoms with Crippen LogP contribution >= 0.6 is 0 Å². The van der Waals surface area contributed by atoms with Crippen LogP contribution in [0.2, 0.25) is 0 Å². The van der Waals surface area contributed by atoms with Crippen molar-refractivity contribution in [1.29, 1.82) is 0 Å². The zero-order chi connectivity index (χ0) is 23.1. The fourth-order valence-corrected chi connectivity index (χ4v) is 4.62. The molecule has 5 aromatic carbocycles. The molecular formula is C32H25NO. The first-order valence-electron chi connectivity index (χ1n) is 11.6. The van der Waals surface area contributed by atoms with Crippen molar-refractivity contribution in [3.05, 3.63) is 126 Å². The van der Waals surface area contributed by atoms with Crippen LogP contribution in [0, 0.1) is 13.8 Å². The Labute approximate surface area is 199 Å². The lowest BCUT2D eigenvalue weighted by atomic mass is 10.0. The molecule has 2 heteroatoms. The van der Waals surface area contributed by atoms with Crippen LogP contribution in [0.15, 0.2) is 120 Å². The number of para-hydroxylation sites is 2. The van der Waals surface area contributed by atoms with E-state index in [4.69, 9.17) is 4.42 Å². The third-order valence-corrected chi connectivity index (χ3v) is 6.40. The van der Waals surface area contributed by atoms with Gasteiger partial charge in [-0.25, -0.2) is 0 Å². The van der Waals surface area contributed by atoms with E-state index < -0.39 is 0 Å². The second-order valence-corrected chi connectivity index (χ2v) is 8.84. The van der Waals surface area contributed by atoms with Crippen molar-refractivity contribution < 1.29 is 4.42 Å². The quantitative estimate of drug-likeness (QED) is 0.272. The summed E-state index contributed by atoms with van der Waals surface area (Å²) in [5, 5.41) is 2.30. The Morgan fingerprint density at radius 2 is 1.15 bits per heavy atom. The van der Waals surface area contributed by atoms with Crippen LogP contribution < -0.4 is 4.90 Å². The molecule has 0 radical (unpaired) electrons.